The standard InChI is InChI=1S/C27H34N4O2/c1-5-30(18-21-17-28-31(19-21)24-12-6-20(2)7-13-24)25-14-15-33-26(16-25)22-8-10-23(11-9-22)27(32)29(3)4/h6-13,17,19,25-26H,5,14-16,18H2,1-4H3/t25-,26+/m1/s1. The Labute approximate surface area is 196 Å². The molecule has 0 spiro atoms. The van der Waals surface area contributed by atoms with Crippen LogP contribution >= 0.6 is 0 Å². The molecule has 2 atom stereocenters. The topological polar surface area (TPSA) is 50.6 Å². The summed E-state index contributed by atoms with van der Waals surface area (Å²) in [5.74, 6) is 0.0207. The van der Waals surface area contributed by atoms with Gasteiger partial charge in [-0.25, -0.2) is 4.68 Å². The first-order chi connectivity index (χ1) is 15.9. The fourth-order valence-electron chi connectivity index (χ4n) is 4.46. The Kier molecular flexibility index (Phi) is 7.26. The Morgan fingerprint density at radius 2 is 1.85 bits per heavy atom. The lowest BCUT2D eigenvalue weighted by molar-refractivity contribution is -0.0295. The molecule has 2 heterocycles. The van der Waals surface area contributed by atoms with Crippen LogP contribution in [0, 0.1) is 6.92 Å². The van der Waals surface area contributed by atoms with Gasteiger partial charge in [-0.1, -0.05) is 36.8 Å². The number of carbonyl (C=O) groups is 1. The summed E-state index contributed by atoms with van der Waals surface area (Å²) < 4.78 is 8.07. The van der Waals surface area contributed by atoms with Crippen molar-refractivity contribution in [1.82, 2.24) is 19.6 Å². The molecule has 0 unspecified atom stereocenters. The second kappa shape index (κ2) is 10.3. The summed E-state index contributed by atoms with van der Waals surface area (Å²) in [7, 11) is 3.55. The van der Waals surface area contributed by atoms with Crippen LogP contribution in [0.15, 0.2) is 60.9 Å². The van der Waals surface area contributed by atoms with E-state index in [1.807, 2.05) is 35.1 Å². The SMILES string of the molecule is CCN(Cc1cnn(-c2ccc(C)cc2)c1)[C@@H]1CCO[C@H](c2ccc(C(=O)N(C)C)cc2)C1. The first-order valence-electron chi connectivity index (χ1n) is 11.7. The zero-order valence-electron chi connectivity index (χ0n) is 20.1. The van der Waals surface area contributed by atoms with Crippen LogP contribution in [0.4, 0.5) is 0 Å². The van der Waals surface area contributed by atoms with E-state index in [2.05, 4.69) is 54.3 Å². The summed E-state index contributed by atoms with van der Waals surface area (Å²) in [6, 6.07) is 16.7. The van der Waals surface area contributed by atoms with Gasteiger partial charge in [0.15, 0.2) is 0 Å². The molecule has 1 aromatic heterocycles. The molecule has 1 aliphatic heterocycles. The summed E-state index contributed by atoms with van der Waals surface area (Å²) >= 11 is 0. The molecule has 1 aliphatic rings. The molecule has 3 aromatic rings. The summed E-state index contributed by atoms with van der Waals surface area (Å²) in [5.41, 5.74) is 5.38. The van der Waals surface area contributed by atoms with Crippen molar-refractivity contribution in [2.45, 2.75) is 45.4 Å². The van der Waals surface area contributed by atoms with Gasteiger partial charge in [-0.05, 0) is 56.1 Å². The van der Waals surface area contributed by atoms with Gasteiger partial charge in [0.25, 0.3) is 5.91 Å². The minimum atomic E-state index is 0.0207. The molecule has 2 aromatic carbocycles. The number of aryl methyl sites for hydroxylation is 1. The number of benzene rings is 2. The minimum absolute atomic E-state index is 0.0207. The van der Waals surface area contributed by atoms with Gasteiger partial charge in [-0.3, -0.25) is 9.69 Å². The van der Waals surface area contributed by atoms with Crippen LogP contribution in [0.5, 0.6) is 0 Å². The summed E-state index contributed by atoms with van der Waals surface area (Å²) in [6.45, 7) is 6.90. The summed E-state index contributed by atoms with van der Waals surface area (Å²) in [6.07, 6.45) is 6.12. The number of aromatic nitrogens is 2. The van der Waals surface area contributed by atoms with Crippen molar-refractivity contribution in [3.63, 3.8) is 0 Å². The zero-order valence-corrected chi connectivity index (χ0v) is 20.1. The molecule has 1 saturated heterocycles. The third kappa shape index (κ3) is 5.52. The number of rotatable bonds is 7. The Hall–Kier alpha value is -2.96. The fourth-order valence-corrected chi connectivity index (χ4v) is 4.46. The third-order valence-electron chi connectivity index (χ3n) is 6.43. The van der Waals surface area contributed by atoms with Crippen molar-refractivity contribution < 1.29 is 9.53 Å². The molecule has 0 aliphatic carbocycles. The van der Waals surface area contributed by atoms with Crippen LogP contribution in [-0.2, 0) is 11.3 Å². The van der Waals surface area contributed by atoms with E-state index >= 15 is 0 Å². The summed E-state index contributed by atoms with van der Waals surface area (Å²) in [4.78, 5) is 16.3. The maximum atomic E-state index is 12.2. The zero-order chi connectivity index (χ0) is 23.4. The van der Waals surface area contributed by atoms with Gasteiger partial charge in [0.05, 0.1) is 18.0 Å². The summed E-state index contributed by atoms with van der Waals surface area (Å²) in [5, 5.41) is 4.58. The van der Waals surface area contributed by atoms with Gasteiger partial charge in [-0.15, -0.1) is 0 Å². The number of carbonyl (C=O) groups excluding carboxylic acids is 1. The van der Waals surface area contributed by atoms with Crippen molar-refractivity contribution in [3.8, 4) is 5.69 Å². The van der Waals surface area contributed by atoms with Crippen LogP contribution in [0.1, 0.15) is 52.9 Å². The Morgan fingerprint density at radius 3 is 2.52 bits per heavy atom. The van der Waals surface area contributed by atoms with E-state index in [1.165, 1.54) is 11.1 Å². The number of amides is 1. The predicted octanol–water partition coefficient (Wildman–Crippen LogP) is 4.62. The number of ether oxygens (including phenoxy) is 1. The molecule has 0 radical (unpaired) electrons. The van der Waals surface area contributed by atoms with Crippen LogP contribution in [0.25, 0.3) is 5.69 Å². The van der Waals surface area contributed by atoms with Gasteiger partial charge >= 0.3 is 0 Å². The molecule has 6 nitrogen and oxygen atoms in total. The molecular weight excluding hydrogens is 412 g/mol. The lowest BCUT2D eigenvalue weighted by Crippen LogP contribution is -2.39. The van der Waals surface area contributed by atoms with E-state index in [0.29, 0.717) is 11.6 Å². The van der Waals surface area contributed by atoms with E-state index in [-0.39, 0.29) is 12.0 Å². The van der Waals surface area contributed by atoms with Crippen molar-refractivity contribution >= 4 is 5.91 Å². The molecule has 1 amide bonds. The van der Waals surface area contributed by atoms with Gasteiger partial charge < -0.3 is 9.64 Å². The minimum Gasteiger partial charge on any atom is -0.373 e. The van der Waals surface area contributed by atoms with Crippen LogP contribution in [-0.4, -0.2) is 58.8 Å². The third-order valence-corrected chi connectivity index (χ3v) is 6.43. The lowest BCUT2D eigenvalue weighted by atomic mass is 9.95. The first kappa shape index (κ1) is 23.2. The largest absolute Gasteiger partial charge is 0.373 e. The molecule has 33 heavy (non-hydrogen) atoms. The first-order valence-corrected chi connectivity index (χ1v) is 11.7. The molecule has 4 rings (SSSR count). The van der Waals surface area contributed by atoms with Gasteiger partial charge in [0.1, 0.15) is 0 Å². The van der Waals surface area contributed by atoms with E-state index in [1.54, 1.807) is 19.0 Å². The Balaban J connectivity index is 1.41. The molecule has 0 N–H and O–H groups in total. The highest BCUT2D eigenvalue weighted by Gasteiger charge is 2.28. The number of hydrogen-bond donors (Lipinski definition) is 0. The number of hydrogen-bond acceptors (Lipinski definition) is 4. The molecule has 0 bridgehead atoms. The number of nitrogens with zero attached hydrogens (tertiary/aromatic N) is 4. The molecule has 0 saturated carbocycles. The average molecular weight is 447 g/mol. The van der Waals surface area contributed by atoms with Crippen LogP contribution in [0.3, 0.4) is 0 Å². The maximum absolute atomic E-state index is 12.2. The average Bonchev–Trinajstić information content (AvgIpc) is 3.31. The highest BCUT2D eigenvalue weighted by molar-refractivity contribution is 5.93. The van der Waals surface area contributed by atoms with Gasteiger partial charge in [0, 0.05) is 50.6 Å². The monoisotopic (exact) mass is 446 g/mol. The quantitative estimate of drug-likeness (QED) is 0.531. The second-order valence-electron chi connectivity index (χ2n) is 9.05. The Morgan fingerprint density at radius 1 is 1.12 bits per heavy atom. The highest BCUT2D eigenvalue weighted by atomic mass is 16.5. The van der Waals surface area contributed by atoms with E-state index < -0.39 is 0 Å². The smallest absolute Gasteiger partial charge is 0.253 e. The van der Waals surface area contributed by atoms with E-state index in [4.69, 9.17) is 4.74 Å². The van der Waals surface area contributed by atoms with Gasteiger partial charge in [0.2, 0.25) is 0 Å². The van der Waals surface area contributed by atoms with E-state index in [9.17, 15) is 4.79 Å². The Bertz CT molecular complexity index is 1060. The normalized spacial score (nSPS) is 18.5. The van der Waals surface area contributed by atoms with Crippen molar-refractivity contribution in [2.24, 2.45) is 0 Å². The van der Waals surface area contributed by atoms with E-state index in [0.717, 1.165) is 43.8 Å². The molecular formula is C27H34N4O2. The van der Waals surface area contributed by atoms with Gasteiger partial charge in [-0.2, -0.15) is 5.10 Å². The second-order valence-corrected chi connectivity index (χ2v) is 9.05. The highest BCUT2D eigenvalue weighted by Crippen LogP contribution is 2.31. The predicted molar refractivity (Wildman–Crippen MR) is 131 cm³/mol. The van der Waals surface area contributed by atoms with Crippen molar-refractivity contribution in [3.05, 3.63) is 83.2 Å². The maximum Gasteiger partial charge on any atom is 0.253 e. The van der Waals surface area contributed by atoms with Crippen LogP contribution in [0.2, 0.25) is 0 Å². The fraction of sp³-hybridized carbons (Fsp3) is 0.407. The van der Waals surface area contributed by atoms with Crippen LogP contribution < -0.4 is 0 Å². The molecule has 1 fully saturated rings. The molecule has 6 heteroatoms. The molecule has 174 valence electrons. The van der Waals surface area contributed by atoms with Crippen molar-refractivity contribution in [1.29, 1.82) is 0 Å². The lowest BCUT2D eigenvalue weighted by Gasteiger charge is -2.37. The van der Waals surface area contributed by atoms with Crippen molar-refractivity contribution in [2.75, 3.05) is 27.2 Å².